The highest BCUT2D eigenvalue weighted by Crippen LogP contribution is 2.29. The Labute approximate surface area is 230 Å². The van der Waals surface area contributed by atoms with E-state index in [0.29, 0.717) is 33.6 Å². The van der Waals surface area contributed by atoms with Gasteiger partial charge in [0.05, 0.1) is 27.1 Å². The first kappa shape index (κ1) is 25.5. The highest BCUT2D eigenvalue weighted by molar-refractivity contribution is 7.80. The number of pyridine rings is 2. The van der Waals surface area contributed by atoms with Gasteiger partial charge in [0.2, 0.25) is 5.95 Å². The molecule has 0 aromatic carbocycles. The van der Waals surface area contributed by atoms with E-state index in [0.717, 1.165) is 69.1 Å². The Bertz CT molecular complexity index is 1650. The number of piperidine rings is 1. The van der Waals surface area contributed by atoms with Crippen molar-refractivity contribution in [1.29, 1.82) is 0 Å². The second-order valence-corrected chi connectivity index (χ2v) is 10.7. The molecule has 0 amide bonds. The third-order valence-electron chi connectivity index (χ3n) is 7.82. The molecule has 2 aliphatic rings. The van der Waals surface area contributed by atoms with Gasteiger partial charge in [0, 0.05) is 69.5 Å². The summed E-state index contributed by atoms with van der Waals surface area (Å²) in [6, 6.07) is 3.65. The van der Waals surface area contributed by atoms with Crippen molar-refractivity contribution in [3.8, 4) is 11.3 Å². The molecule has 2 aliphatic heterocycles. The van der Waals surface area contributed by atoms with E-state index in [1.165, 1.54) is 6.20 Å². The minimum Gasteiger partial charge on any atom is -0.366 e. The maximum atomic E-state index is 13.2. The zero-order valence-corrected chi connectivity index (χ0v) is 22.9. The quantitative estimate of drug-likeness (QED) is 0.302. The zero-order valence-electron chi connectivity index (χ0n) is 22.1. The van der Waals surface area contributed by atoms with Gasteiger partial charge in [-0.25, -0.2) is 19.7 Å². The van der Waals surface area contributed by atoms with Gasteiger partial charge < -0.3 is 14.7 Å². The summed E-state index contributed by atoms with van der Waals surface area (Å²) in [5.74, 6) is 0.703. The Balaban J connectivity index is 1.40. The minimum absolute atomic E-state index is 0.0879. The second-order valence-electron chi connectivity index (χ2n) is 10.2. The predicted octanol–water partition coefficient (Wildman–Crippen LogP) is 2.22. The molecule has 4 aromatic heterocycles. The van der Waals surface area contributed by atoms with Crippen LogP contribution in [0.5, 0.6) is 0 Å². The van der Waals surface area contributed by atoms with Crippen LogP contribution in [0.25, 0.3) is 33.2 Å². The summed E-state index contributed by atoms with van der Waals surface area (Å²) in [6.07, 6.45) is 7.39. The molecule has 6 heterocycles. The van der Waals surface area contributed by atoms with Gasteiger partial charge in [-0.15, -0.1) is 0 Å². The fourth-order valence-corrected chi connectivity index (χ4v) is 5.70. The van der Waals surface area contributed by atoms with Crippen LogP contribution in [0.15, 0.2) is 40.3 Å². The van der Waals surface area contributed by atoms with Crippen molar-refractivity contribution in [1.82, 2.24) is 39.3 Å². The van der Waals surface area contributed by atoms with Gasteiger partial charge in [0.1, 0.15) is 5.52 Å². The molecular weight excluding hydrogens is 514 g/mol. The van der Waals surface area contributed by atoms with Crippen molar-refractivity contribution in [2.24, 2.45) is 0 Å². The van der Waals surface area contributed by atoms with Crippen molar-refractivity contribution in [3.05, 3.63) is 51.6 Å². The highest BCUT2D eigenvalue weighted by Gasteiger charge is 2.26. The summed E-state index contributed by atoms with van der Waals surface area (Å²) < 4.78 is 1.71. The molecule has 202 valence electrons. The number of anilines is 1. The number of likely N-dealkylation sites (tertiary alicyclic amines) is 1. The van der Waals surface area contributed by atoms with Gasteiger partial charge in [-0.2, -0.15) is 0 Å². The van der Waals surface area contributed by atoms with E-state index in [9.17, 15) is 9.59 Å². The molecule has 6 rings (SSSR count). The molecular formula is C27H31N9O2S. The van der Waals surface area contributed by atoms with E-state index in [4.69, 9.17) is 17.2 Å². The van der Waals surface area contributed by atoms with Crippen LogP contribution in [0.3, 0.4) is 0 Å². The number of hydrogen-bond acceptors (Lipinski definition) is 9. The molecule has 0 spiro atoms. The minimum atomic E-state index is -0.461. The number of likely N-dealkylation sites (N-methyl/N-ethyl adjacent to an activating group) is 1. The number of hydrogen-bond donors (Lipinski definition) is 1. The number of fused-ring (bicyclic) bond motifs is 3. The molecule has 0 atom stereocenters. The molecule has 12 heteroatoms. The normalized spacial score (nSPS) is 17.3. The number of thiocarbonyl (C=S) groups is 1. The standard InChI is InChI=1S/C27H31N9O2S/c1-3-22(39)34-8-6-18(7-9-34)36-24-19(25(37)32-27(36)38)16-28-21-5-4-20(31-23(21)24)17-14-29-26(30-15-17)35-12-10-33(2)11-13-35/h4-5,14-16,18H,3,6-13H2,1-2H3,(H,32,37,38). The van der Waals surface area contributed by atoms with Crippen molar-refractivity contribution in [2.75, 3.05) is 51.2 Å². The van der Waals surface area contributed by atoms with Crippen molar-refractivity contribution in [3.63, 3.8) is 0 Å². The van der Waals surface area contributed by atoms with Crippen LogP contribution in [0.1, 0.15) is 32.2 Å². The van der Waals surface area contributed by atoms with Gasteiger partial charge in [-0.3, -0.25) is 19.3 Å². The molecule has 0 saturated carbocycles. The van der Waals surface area contributed by atoms with E-state index >= 15 is 0 Å². The van der Waals surface area contributed by atoms with Gasteiger partial charge >= 0.3 is 5.69 Å². The second kappa shape index (κ2) is 10.4. The van der Waals surface area contributed by atoms with Crippen molar-refractivity contribution in [2.45, 2.75) is 32.2 Å². The molecule has 4 aromatic rings. The number of H-pyrrole nitrogens is 1. The third kappa shape index (κ3) is 4.78. The van der Waals surface area contributed by atoms with Gasteiger partial charge in [-0.05, 0) is 38.4 Å². The maximum Gasteiger partial charge on any atom is 0.329 e. The fraction of sp³-hybridized carbons (Fsp3) is 0.444. The lowest BCUT2D eigenvalue weighted by atomic mass is 10.0. The van der Waals surface area contributed by atoms with E-state index in [2.05, 4.69) is 48.6 Å². The van der Waals surface area contributed by atoms with Gasteiger partial charge in [0.15, 0.2) is 0 Å². The van der Waals surface area contributed by atoms with E-state index in [1.54, 1.807) is 17.0 Å². The largest absolute Gasteiger partial charge is 0.366 e. The first-order valence-corrected chi connectivity index (χ1v) is 13.8. The highest BCUT2D eigenvalue weighted by atomic mass is 32.1. The van der Waals surface area contributed by atoms with E-state index in [1.807, 2.05) is 12.1 Å². The lowest BCUT2D eigenvalue weighted by Gasteiger charge is -2.34. The third-order valence-corrected chi connectivity index (χ3v) is 8.36. The van der Waals surface area contributed by atoms with Crippen LogP contribution in [-0.4, -0.2) is 90.6 Å². The molecule has 2 saturated heterocycles. The molecule has 2 fully saturated rings. The zero-order chi connectivity index (χ0) is 27.1. The Morgan fingerprint density at radius 3 is 2.41 bits per heavy atom. The number of aromatic amines is 1. The number of nitrogens with zero attached hydrogens (tertiary/aromatic N) is 8. The Hall–Kier alpha value is -3.77. The monoisotopic (exact) mass is 545 g/mol. The molecule has 0 unspecified atom stereocenters. The molecule has 1 N–H and O–H groups in total. The topological polar surface area (TPSA) is 116 Å². The summed E-state index contributed by atoms with van der Waals surface area (Å²) in [6.45, 7) is 7.31. The summed E-state index contributed by atoms with van der Waals surface area (Å²) in [5, 5.41) is 0.347. The van der Waals surface area contributed by atoms with Crippen LogP contribution in [0.2, 0.25) is 0 Å². The van der Waals surface area contributed by atoms with Crippen LogP contribution >= 0.6 is 12.2 Å². The smallest absolute Gasteiger partial charge is 0.329 e. The van der Waals surface area contributed by atoms with Gasteiger partial charge in [0.25, 0.3) is 5.56 Å². The lowest BCUT2D eigenvalue weighted by Crippen LogP contribution is -2.45. The van der Waals surface area contributed by atoms with Crippen LogP contribution in [0, 0.1) is 0 Å². The molecule has 11 nitrogen and oxygen atoms in total. The SMILES string of the molecule is CCC(=S)N1CCC(n2c(=O)[nH]c(=O)c3cnc4ccc(-c5cnc(N6CCN(C)CC6)nc5)nc4c32)CC1. The first-order valence-electron chi connectivity index (χ1n) is 13.4. The van der Waals surface area contributed by atoms with Crippen LogP contribution in [0.4, 0.5) is 5.95 Å². The number of aromatic nitrogens is 6. The van der Waals surface area contributed by atoms with Gasteiger partial charge in [-0.1, -0.05) is 19.1 Å². The number of piperazine rings is 1. The Morgan fingerprint density at radius 1 is 1.00 bits per heavy atom. The summed E-state index contributed by atoms with van der Waals surface area (Å²) in [4.78, 5) is 54.8. The van der Waals surface area contributed by atoms with Crippen LogP contribution in [-0.2, 0) is 0 Å². The summed E-state index contributed by atoms with van der Waals surface area (Å²) in [7, 11) is 2.11. The van der Waals surface area contributed by atoms with Crippen molar-refractivity contribution < 1.29 is 0 Å². The van der Waals surface area contributed by atoms with E-state index in [-0.39, 0.29) is 6.04 Å². The summed E-state index contributed by atoms with van der Waals surface area (Å²) in [5.41, 5.74) is 2.17. The molecule has 0 aliphatic carbocycles. The lowest BCUT2D eigenvalue weighted by molar-refractivity contribution is 0.266. The maximum absolute atomic E-state index is 13.2. The molecule has 0 bridgehead atoms. The Kier molecular flexibility index (Phi) is 6.81. The van der Waals surface area contributed by atoms with Crippen molar-refractivity contribution >= 4 is 45.1 Å². The first-order chi connectivity index (χ1) is 18.9. The fourth-order valence-electron chi connectivity index (χ4n) is 5.52. The van der Waals surface area contributed by atoms with Crippen LogP contribution < -0.4 is 16.1 Å². The van der Waals surface area contributed by atoms with E-state index < -0.39 is 11.2 Å². The average Bonchev–Trinajstić information content (AvgIpc) is 2.97. The number of rotatable bonds is 4. The Morgan fingerprint density at radius 2 is 1.72 bits per heavy atom. The summed E-state index contributed by atoms with van der Waals surface area (Å²) >= 11 is 5.50. The molecule has 0 radical (unpaired) electrons. The molecule has 39 heavy (non-hydrogen) atoms. The predicted molar refractivity (Wildman–Crippen MR) is 155 cm³/mol. The average molecular weight is 546 g/mol. The number of nitrogens with one attached hydrogen (secondary N) is 1.